The van der Waals surface area contributed by atoms with Gasteiger partial charge in [-0.1, -0.05) is 38.5 Å². The fraction of sp³-hybridized carbons (Fsp3) is 0.500. The molecule has 0 bridgehead atoms. The minimum absolute atomic E-state index is 0.00177. The molecule has 2 N–H and O–H groups in total. The lowest BCUT2D eigenvalue weighted by Crippen LogP contribution is -2.38. The first-order valence-electron chi connectivity index (χ1n) is 9.39. The molecule has 7 nitrogen and oxygen atoms in total. The van der Waals surface area contributed by atoms with Gasteiger partial charge in [-0.25, -0.2) is 4.98 Å². The van der Waals surface area contributed by atoms with Gasteiger partial charge in [-0.3, -0.25) is 9.78 Å². The minimum Gasteiger partial charge on any atom is -0.394 e. The first-order chi connectivity index (χ1) is 13.2. The molecule has 0 unspecified atom stereocenters. The highest BCUT2D eigenvalue weighted by Gasteiger charge is 2.14. The van der Waals surface area contributed by atoms with Crippen LogP contribution in [0, 0.1) is 0 Å². The van der Waals surface area contributed by atoms with Crippen LogP contribution in [0.5, 0.6) is 0 Å². The number of ether oxygens (including phenoxy) is 2. The van der Waals surface area contributed by atoms with Crippen molar-refractivity contribution >= 4 is 5.95 Å². The van der Waals surface area contributed by atoms with E-state index >= 15 is 0 Å². The van der Waals surface area contributed by atoms with Crippen molar-refractivity contribution in [2.75, 3.05) is 44.4 Å². The Bertz CT molecular complexity index is 742. The van der Waals surface area contributed by atoms with E-state index in [1.54, 1.807) is 0 Å². The molecule has 0 aliphatic carbocycles. The molecule has 0 spiro atoms. The number of benzene rings is 1. The summed E-state index contributed by atoms with van der Waals surface area (Å²) in [6, 6.07) is 9.21. The standard InChI is InChI=1S/C17H21N3O4.C3H8/c21-6-9-24-12-13-2-1-3-14(10-13)15-11-16(22)19-17(18-15)20-4-7-23-8-5-20;1-3-2/h1-3,10-11,21H,4-9,12H2,(H,18,19,22);3H2,1-2H3. The van der Waals surface area contributed by atoms with Crippen LogP contribution in [0.25, 0.3) is 11.3 Å². The van der Waals surface area contributed by atoms with E-state index < -0.39 is 0 Å². The number of nitrogens with zero attached hydrogens (tertiary/aromatic N) is 2. The lowest BCUT2D eigenvalue weighted by molar-refractivity contribution is 0.0816. The van der Waals surface area contributed by atoms with E-state index in [9.17, 15) is 4.79 Å². The number of aromatic nitrogens is 2. The van der Waals surface area contributed by atoms with E-state index in [4.69, 9.17) is 14.6 Å². The van der Waals surface area contributed by atoms with Crippen LogP contribution in [0.2, 0.25) is 0 Å². The second-order valence-corrected chi connectivity index (χ2v) is 6.24. The van der Waals surface area contributed by atoms with E-state index in [0.717, 1.165) is 11.1 Å². The molecule has 3 rings (SSSR count). The molecule has 2 aromatic rings. The van der Waals surface area contributed by atoms with Crippen LogP contribution in [0.3, 0.4) is 0 Å². The molecule has 0 atom stereocenters. The number of anilines is 1. The third-order valence-corrected chi connectivity index (χ3v) is 3.77. The smallest absolute Gasteiger partial charge is 0.252 e. The SMILES string of the molecule is CCC.O=c1cc(-c2cccc(COCCO)c2)nc(N2CCOCC2)[nH]1. The molecule has 7 heteroatoms. The van der Waals surface area contributed by atoms with Crippen LogP contribution in [-0.4, -0.2) is 54.6 Å². The Balaban J connectivity index is 0.000000817. The number of hydrogen-bond donors (Lipinski definition) is 2. The van der Waals surface area contributed by atoms with Gasteiger partial charge >= 0.3 is 0 Å². The number of aliphatic hydroxyl groups is 1. The maximum absolute atomic E-state index is 12.0. The molecule has 148 valence electrons. The van der Waals surface area contributed by atoms with Gasteiger partial charge in [0.1, 0.15) is 0 Å². The number of nitrogens with one attached hydrogen (secondary N) is 1. The van der Waals surface area contributed by atoms with Crippen LogP contribution in [0.1, 0.15) is 25.8 Å². The minimum atomic E-state index is -0.177. The highest BCUT2D eigenvalue weighted by molar-refractivity contribution is 5.61. The summed E-state index contributed by atoms with van der Waals surface area (Å²) in [5, 5.41) is 8.78. The van der Waals surface area contributed by atoms with Crippen molar-refractivity contribution in [2.24, 2.45) is 0 Å². The lowest BCUT2D eigenvalue weighted by atomic mass is 10.1. The molecule has 27 heavy (non-hydrogen) atoms. The van der Waals surface area contributed by atoms with E-state index in [1.807, 2.05) is 29.2 Å². The third-order valence-electron chi connectivity index (χ3n) is 3.77. The first-order valence-corrected chi connectivity index (χ1v) is 9.39. The maximum Gasteiger partial charge on any atom is 0.252 e. The lowest BCUT2D eigenvalue weighted by Gasteiger charge is -2.27. The molecule has 1 aliphatic rings. The number of hydrogen-bond acceptors (Lipinski definition) is 6. The molecule has 1 aliphatic heterocycles. The average Bonchev–Trinajstić information content (AvgIpc) is 2.69. The largest absolute Gasteiger partial charge is 0.394 e. The topological polar surface area (TPSA) is 87.7 Å². The van der Waals surface area contributed by atoms with Crippen molar-refractivity contribution in [2.45, 2.75) is 26.9 Å². The van der Waals surface area contributed by atoms with Crippen LogP contribution >= 0.6 is 0 Å². The van der Waals surface area contributed by atoms with Crippen molar-refractivity contribution in [3.63, 3.8) is 0 Å². The van der Waals surface area contributed by atoms with Crippen molar-refractivity contribution in [3.8, 4) is 11.3 Å². The summed E-state index contributed by atoms with van der Waals surface area (Å²) in [7, 11) is 0. The van der Waals surface area contributed by atoms with Crippen molar-refractivity contribution in [3.05, 3.63) is 46.2 Å². The molecule has 1 aromatic heterocycles. The van der Waals surface area contributed by atoms with Gasteiger partial charge in [-0.2, -0.15) is 0 Å². The van der Waals surface area contributed by atoms with Gasteiger partial charge in [-0.05, 0) is 11.6 Å². The van der Waals surface area contributed by atoms with Gasteiger partial charge in [0.05, 0.1) is 38.7 Å². The fourth-order valence-corrected chi connectivity index (χ4v) is 2.59. The zero-order chi connectivity index (χ0) is 19.5. The maximum atomic E-state index is 12.0. The number of rotatable bonds is 6. The molecule has 2 heterocycles. The molecule has 1 saturated heterocycles. The first kappa shape index (κ1) is 21.1. The van der Waals surface area contributed by atoms with Gasteiger partial charge < -0.3 is 19.5 Å². The predicted octanol–water partition coefficient (Wildman–Crippen LogP) is 2.20. The molecular formula is C20H29N3O4. The quantitative estimate of drug-likeness (QED) is 0.753. The van der Waals surface area contributed by atoms with Crippen molar-refractivity contribution in [1.29, 1.82) is 0 Å². The van der Waals surface area contributed by atoms with Crippen molar-refractivity contribution in [1.82, 2.24) is 9.97 Å². The van der Waals surface area contributed by atoms with Crippen LogP contribution in [0.4, 0.5) is 5.95 Å². The van der Waals surface area contributed by atoms with Crippen LogP contribution in [-0.2, 0) is 16.1 Å². The van der Waals surface area contributed by atoms with Crippen LogP contribution < -0.4 is 10.5 Å². The zero-order valence-electron chi connectivity index (χ0n) is 16.1. The Hall–Kier alpha value is -2.22. The average molecular weight is 375 g/mol. The second kappa shape index (κ2) is 11.5. The second-order valence-electron chi connectivity index (χ2n) is 6.24. The Morgan fingerprint density at radius 3 is 2.70 bits per heavy atom. The summed E-state index contributed by atoms with van der Waals surface area (Å²) < 4.78 is 10.7. The number of aliphatic hydroxyl groups excluding tert-OH is 1. The monoisotopic (exact) mass is 375 g/mol. The van der Waals surface area contributed by atoms with Gasteiger partial charge in [0, 0.05) is 24.7 Å². The van der Waals surface area contributed by atoms with Gasteiger partial charge in [-0.15, -0.1) is 0 Å². The highest BCUT2D eigenvalue weighted by atomic mass is 16.5. The van der Waals surface area contributed by atoms with E-state index in [-0.39, 0.29) is 12.2 Å². The molecule has 0 radical (unpaired) electrons. The van der Waals surface area contributed by atoms with E-state index in [0.29, 0.717) is 51.2 Å². The van der Waals surface area contributed by atoms with Gasteiger partial charge in [0.15, 0.2) is 0 Å². The van der Waals surface area contributed by atoms with Crippen LogP contribution in [0.15, 0.2) is 35.1 Å². The molecular weight excluding hydrogens is 346 g/mol. The van der Waals surface area contributed by atoms with Gasteiger partial charge in [0.25, 0.3) is 5.56 Å². The summed E-state index contributed by atoms with van der Waals surface area (Å²) in [4.78, 5) is 21.4. The molecule has 1 aromatic carbocycles. The number of morpholine rings is 1. The highest BCUT2D eigenvalue weighted by Crippen LogP contribution is 2.20. The summed E-state index contributed by atoms with van der Waals surface area (Å²) in [5.74, 6) is 0.572. The van der Waals surface area contributed by atoms with E-state index in [1.165, 1.54) is 12.5 Å². The van der Waals surface area contributed by atoms with Crippen molar-refractivity contribution < 1.29 is 14.6 Å². The Labute approximate surface area is 160 Å². The normalized spacial score (nSPS) is 13.8. The summed E-state index contributed by atoms with van der Waals surface area (Å²) in [6.45, 7) is 7.64. The number of aromatic amines is 1. The summed E-state index contributed by atoms with van der Waals surface area (Å²) in [6.07, 6.45) is 1.25. The van der Waals surface area contributed by atoms with E-state index in [2.05, 4.69) is 23.8 Å². The Kier molecular flexibility index (Phi) is 8.97. The Morgan fingerprint density at radius 1 is 1.26 bits per heavy atom. The zero-order valence-corrected chi connectivity index (χ0v) is 16.1. The third kappa shape index (κ3) is 6.78. The molecule has 0 saturated carbocycles. The summed E-state index contributed by atoms with van der Waals surface area (Å²) in [5.41, 5.74) is 2.28. The number of H-pyrrole nitrogens is 1. The Morgan fingerprint density at radius 2 is 2.00 bits per heavy atom. The fourth-order valence-electron chi connectivity index (χ4n) is 2.59. The van der Waals surface area contributed by atoms with Gasteiger partial charge in [0.2, 0.25) is 5.95 Å². The summed E-state index contributed by atoms with van der Waals surface area (Å²) >= 11 is 0. The predicted molar refractivity (Wildman–Crippen MR) is 106 cm³/mol. The molecule has 1 fully saturated rings. The molecule has 0 amide bonds.